The van der Waals surface area contributed by atoms with Crippen LogP contribution in [0.4, 0.5) is 13.2 Å². The monoisotopic (exact) mass is 438 g/mol. The van der Waals surface area contributed by atoms with E-state index >= 15 is 0 Å². The molecule has 2 fully saturated rings. The summed E-state index contributed by atoms with van der Waals surface area (Å²) in [6.45, 7) is 2.28. The van der Waals surface area contributed by atoms with E-state index in [9.17, 15) is 13.2 Å². The van der Waals surface area contributed by atoms with Crippen molar-refractivity contribution in [3.05, 3.63) is 70.5 Å². The smallest absolute Gasteiger partial charge is 0.194 e. The molecule has 4 atom stereocenters. The zero-order chi connectivity index (χ0) is 22.5. The molecular weight excluding hydrogens is 405 g/mol. The predicted molar refractivity (Wildman–Crippen MR) is 124 cm³/mol. The van der Waals surface area contributed by atoms with Crippen molar-refractivity contribution in [2.24, 2.45) is 17.8 Å². The van der Waals surface area contributed by atoms with Crippen LogP contribution >= 0.6 is 0 Å². The van der Waals surface area contributed by atoms with E-state index in [4.69, 9.17) is 0 Å². The van der Waals surface area contributed by atoms with Gasteiger partial charge in [-0.15, -0.1) is 0 Å². The molecule has 0 bridgehead atoms. The van der Waals surface area contributed by atoms with Crippen LogP contribution in [0, 0.1) is 47.0 Å². The highest BCUT2D eigenvalue weighted by atomic mass is 19.2. The molecule has 3 heteroatoms. The van der Waals surface area contributed by atoms with Crippen LogP contribution in [0.25, 0.3) is 0 Å². The summed E-state index contributed by atoms with van der Waals surface area (Å²) in [7, 11) is 0. The highest BCUT2D eigenvalue weighted by Gasteiger charge is 2.35. The van der Waals surface area contributed by atoms with Crippen LogP contribution in [0.1, 0.15) is 93.7 Å². The Morgan fingerprint density at radius 3 is 2.16 bits per heavy atom. The first-order chi connectivity index (χ1) is 15.5. The Bertz CT molecular complexity index is 943. The maximum atomic E-state index is 13.4. The van der Waals surface area contributed by atoms with E-state index < -0.39 is 17.5 Å². The lowest BCUT2D eigenvalue weighted by atomic mass is 9.63. The van der Waals surface area contributed by atoms with E-state index in [1.165, 1.54) is 69.8 Å². The molecule has 2 aromatic carbocycles. The molecule has 0 heterocycles. The highest BCUT2D eigenvalue weighted by Crippen LogP contribution is 2.48. The number of rotatable bonds is 5. The SMILES string of the molecule is CCCCCC1CC[C@@H]2C[C@H](c3ccc(C#Cc4cc(F)c(F)c(F)c4)cc3)CC[C@@H]2C1. The molecule has 0 saturated heterocycles. The fourth-order valence-corrected chi connectivity index (χ4v) is 5.84. The topological polar surface area (TPSA) is 0 Å². The van der Waals surface area contributed by atoms with Crippen molar-refractivity contribution in [3.8, 4) is 11.8 Å². The molecule has 2 aliphatic rings. The van der Waals surface area contributed by atoms with E-state index in [0.717, 1.165) is 35.4 Å². The summed E-state index contributed by atoms with van der Waals surface area (Å²) < 4.78 is 39.8. The van der Waals surface area contributed by atoms with Crippen LogP contribution in [-0.4, -0.2) is 0 Å². The zero-order valence-electron chi connectivity index (χ0n) is 19.0. The first-order valence-electron chi connectivity index (χ1n) is 12.3. The van der Waals surface area contributed by atoms with Crippen molar-refractivity contribution in [3.63, 3.8) is 0 Å². The lowest BCUT2D eigenvalue weighted by molar-refractivity contribution is 0.113. The van der Waals surface area contributed by atoms with Gasteiger partial charge >= 0.3 is 0 Å². The summed E-state index contributed by atoms with van der Waals surface area (Å²) in [5, 5.41) is 0. The van der Waals surface area contributed by atoms with Crippen LogP contribution in [0.2, 0.25) is 0 Å². The Kier molecular flexibility index (Phi) is 7.61. The first-order valence-corrected chi connectivity index (χ1v) is 12.3. The van der Waals surface area contributed by atoms with Gasteiger partial charge in [0.05, 0.1) is 0 Å². The highest BCUT2D eigenvalue weighted by molar-refractivity contribution is 5.44. The van der Waals surface area contributed by atoms with Gasteiger partial charge in [-0.05, 0) is 85.6 Å². The van der Waals surface area contributed by atoms with E-state index in [1.807, 2.05) is 12.1 Å². The summed E-state index contributed by atoms with van der Waals surface area (Å²) in [6.07, 6.45) is 13.7. The third-order valence-electron chi connectivity index (χ3n) is 7.65. The maximum absolute atomic E-state index is 13.4. The molecule has 0 nitrogen and oxygen atoms in total. The summed E-state index contributed by atoms with van der Waals surface area (Å²) >= 11 is 0. The molecule has 2 saturated carbocycles. The second-order valence-corrected chi connectivity index (χ2v) is 9.83. The Morgan fingerprint density at radius 2 is 1.44 bits per heavy atom. The third kappa shape index (κ3) is 5.58. The molecular formula is C29H33F3. The molecule has 4 rings (SSSR count). The van der Waals surface area contributed by atoms with Gasteiger partial charge in [-0.2, -0.15) is 0 Å². The standard InChI is InChI=1S/C29H33F3/c1-2-3-4-5-21-10-13-26-19-25(15-14-24(26)16-21)23-11-8-20(9-12-23)6-7-22-17-27(30)29(32)28(31)18-22/h8-9,11-12,17-18,21,24-26H,2-5,10,13-16,19H2,1H3/t21?,24-,25-,26-/m1/s1. The van der Waals surface area contributed by atoms with Crippen LogP contribution in [0.15, 0.2) is 36.4 Å². The Balaban J connectivity index is 1.34. The third-order valence-corrected chi connectivity index (χ3v) is 7.65. The molecule has 170 valence electrons. The van der Waals surface area contributed by atoms with Crippen LogP contribution < -0.4 is 0 Å². The van der Waals surface area contributed by atoms with Crippen molar-refractivity contribution >= 4 is 0 Å². The minimum atomic E-state index is -1.46. The Labute approximate surface area is 190 Å². The number of hydrogen-bond acceptors (Lipinski definition) is 0. The van der Waals surface area contributed by atoms with Gasteiger partial charge in [0, 0.05) is 11.1 Å². The van der Waals surface area contributed by atoms with E-state index in [2.05, 4.69) is 30.9 Å². The van der Waals surface area contributed by atoms with Crippen LogP contribution in [-0.2, 0) is 0 Å². The molecule has 2 aliphatic carbocycles. The average molecular weight is 439 g/mol. The Morgan fingerprint density at radius 1 is 0.781 bits per heavy atom. The molecule has 2 aromatic rings. The molecule has 0 spiro atoms. The minimum Gasteiger partial charge on any atom is -0.204 e. The lowest BCUT2D eigenvalue weighted by Gasteiger charge is -2.42. The number of benzene rings is 2. The zero-order valence-corrected chi connectivity index (χ0v) is 19.0. The summed E-state index contributed by atoms with van der Waals surface area (Å²) in [4.78, 5) is 0. The fourth-order valence-electron chi connectivity index (χ4n) is 5.84. The van der Waals surface area contributed by atoms with Gasteiger partial charge in [-0.25, -0.2) is 13.2 Å². The van der Waals surface area contributed by atoms with Gasteiger partial charge in [-0.1, -0.05) is 63.0 Å². The van der Waals surface area contributed by atoms with Crippen molar-refractivity contribution < 1.29 is 13.2 Å². The summed E-state index contributed by atoms with van der Waals surface area (Å²) in [6, 6.07) is 10.1. The lowest BCUT2D eigenvalue weighted by Crippen LogP contribution is -2.30. The minimum absolute atomic E-state index is 0.133. The maximum Gasteiger partial charge on any atom is 0.194 e. The number of fused-ring (bicyclic) bond motifs is 1. The molecule has 0 radical (unpaired) electrons. The van der Waals surface area contributed by atoms with Crippen molar-refractivity contribution in [2.45, 2.75) is 77.0 Å². The number of halogens is 3. The van der Waals surface area contributed by atoms with Crippen LogP contribution in [0.3, 0.4) is 0 Å². The predicted octanol–water partition coefficient (Wildman–Crippen LogP) is 8.38. The van der Waals surface area contributed by atoms with Crippen LogP contribution in [0.5, 0.6) is 0 Å². The van der Waals surface area contributed by atoms with E-state index in [-0.39, 0.29) is 5.56 Å². The number of unbranched alkanes of at least 4 members (excludes halogenated alkanes) is 2. The Hall–Kier alpha value is -2.21. The average Bonchev–Trinajstić information content (AvgIpc) is 2.81. The van der Waals surface area contributed by atoms with E-state index in [0.29, 0.717) is 5.92 Å². The molecule has 1 unspecified atom stereocenters. The molecule has 0 aromatic heterocycles. The molecule has 32 heavy (non-hydrogen) atoms. The van der Waals surface area contributed by atoms with Crippen molar-refractivity contribution in [1.29, 1.82) is 0 Å². The van der Waals surface area contributed by atoms with Crippen molar-refractivity contribution in [1.82, 2.24) is 0 Å². The largest absolute Gasteiger partial charge is 0.204 e. The fraction of sp³-hybridized carbons (Fsp3) is 0.517. The van der Waals surface area contributed by atoms with Gasteiger partial charge in [0.2, 0.25) is 0 Å². The molecule has 0 N–H and O–H groups in total. The first kappa shape index (κ1) is 23.0. The van der Waals surface area contributed by atoms with Crippen molar-refractivity contribution in [2.75, 3.05) is 0 Å². The molecule has 0 aliphatic heterocycles. The number of hydrogen-bond donors (Lipinski definition) is 0. The quantitative estimate of drug-likeness (QED) is 0.250. The normalized spacial score (nSPS) is 25.0. The van der Waals surface area contributed by atoms with Gasteiger partial charge in [0.1, 0.15) is 0 Å². The van der Waals surface area contributed by atoms with Gasteiger partial charge in [0.15, 0.2) is 17.5 Å². The van der Waals surface area contributed by atoms with E-state index in [1.54, 1.807) is 0 Å². The van der Waals surface area contributed by atoms with Gasteiger partial charge in [0.25, 0.3) is 0 Å². The summed E-state index contributed by atoms with van der Waals surface area (Å²) in [5.74, 6) is 5.16. The van der Waals surface area contributed by atoms with Gasteiger partial charge < -0.3 is 0 Å². The second-order valence-electron chi connectivity index (χ2n) is 9.83. The second kappa shape index (κ2) is 10.6. The van der Waals surface area contributed by atoms with Gasteiger partial charge in [-0.3, -0.25) is 0 Å². The molecule has 0 amide bonds. The summed E-state index contributed by atoms with van der Waals surface area (Å²) in [5.41, 5.74) is 2.30.